The van der Waals surface area contributed by atoms with Gasteiger partial charge >= 0.3 is 0 Å². The van der Waals surface area contributed by atoms with E-state index in [4.69, 9.17) is 4.52 Å². The van der Waals surface area contributed by atoms with Crippen LogP contribution >= 0.6 is 0 Å². The van der Waals surface area contributed by atoms with Gasteiger partial charge in [0.1, 0.15) is 5.76 Å². The number of aliphatic hydroxyl groups is 1. The topological polar surface area (TPSA) is 67.3 Å². The van der Waals surface area contributed by atoms with Crippen LogP contribution in [0.4, 0.5) is 0 Å². The highest BCUT2D eigenvalue weighted by Gasteiger charge is 2.13. The second-order valence-electron chi connectivity index (χ2n) is 6.60. The Hall–Kier alpha value is -2.18. The Morgan fingerprint density at radius 1 is 1.21 bits per heavy atom. The van der Waals surface area contributed by atoms with Crippen LogP contribution < -0.4 is 0 Å². The Labute approximate surface area is 141 Å². The molecule has 24 heavy (non-hydrogen) atoms. The van der Waals surface area contributed by atoms with Gasteiger partial charge in [-0.2, -0.15) is 0 Å². The molecule has 1 aromatic carbocycles. The van der Waals surface area contributed by atoms with E-state index in [1.54, 1.807) is 6.33 Å². The molecule has 0 saturated carbocycles. The number of nitrogens with zero attached hydrogens (tertiary/aromatic N) is 4. The summed E-state index contributed by atoms with van der Waals surface area (Å²) in [6, 6.07) is 6.14. The van der Waals surface area contributed by atoms with Crippen molar-refractivity contribution < 1.29 is 9.63 Å². The molecule has 1 N–H and O–H groups in total. The molecule has 2 aromatic heterocycles. The zero-order chi connectivity index (χ0) is 17.3. The fourth-order valence-electron chi connectivity index (χ4n) is 2.94. The molecule has 0 bridgehead atoms. The highest BCUT2D eigenvalue weighted by molar-refractivity contribution is 5.77. The van der Waals surface area contributed by atoms with Gasteiger partial charge in [0.05, 0.1) is 35.7 Å². The summed E-state index contributed by atoms with van der Waals surface area (Å²) < 4.78 is 7.09. The van der Waals surface area contributed by atoms with Crippen molar-refractivity contribution >= 4 is 11.0 Å². The van der Waals surface area contributed by atoms with Gasteiger partial charge < -0.3 is 14.2 Å². The van der Waals surface area contributed by atoms with Gasteiger partial charge in [-0.25, -0.2) is 4.98 Å². The highest BCUT2D eigenvalue weighted by atomic mass is 16.5. The SMILES string of the molecule is Cc1cc(CN(C)C[C@@H](O)Cn2cnc3cc(C)c(C)cc32)no1. The van der Waals surface area contributed by atoms with E-state index in [1.165, 1.54) is 11.1 Å². The third kappa shape index (κ3) is 3.66. The van der Waals surface area contributed by atoms with Crippen LogP contribution in [0.15, 0.2) is 29.0 Å². The average Bonchev–Trinajstić information content (AvgIpc) is 3.07. The molecule has 6 nitrogen and oxygen atoms in total. The lowest BCUT2D eigenvalue weighted by Gasteiger charge is -2.20. The van der Waals surface area contributed by atoms with Crippen LogP contribution in [0.5, 0.6) is 0 Å². The number of aliphatic hydroxyl groups excluding tert-OH is 1. The van der Waals surface area contributed by atoms with E-state index in [2.05, 4.69) is 36.1 Å². The number of hydrogen-bond acceptors (Lipinski definition) is 5. The Morgan fingerprint density at radius 2 is 1.96 bits per heavy atom. The molecule has 0 amide bonds. The second kappa shape index (κ2) is 6.75. The predicted molar refractivity (Wildman–Crippen MR) is 92.8 cm³/mol. The molecule has 2 heterocycles. The van der Waals surface area contributed by atoms with E-state index in [0.29, 0.717) is 19.6 Å². The summed E-state index contributed by atoms with van der Waals surface area (Å²) in [4.78, 5) is 6.48. The van der Waals surface area contributed by atoms with Gasteiger partial charge in [0.2, 0.25) is 0 Å². The summed E-state index contributed by atoms with van der Waals surface area (Å²) in [6.45, 7) is 7.77. The maximum absolute atomic E-state index is 10.4. The molecule has 0 aliphatic heterocycles. The molecule has 0 spiro atoms. The number of likely N-dealkylation sites (N-methyl/N-ethyl adjacent to an activating group) is 1. The monoisotopic (exact) mass is 328 g/mol. The molecular formula is C18H24N4O2. The van der Waals surface area contributed by atoms with E-state index in [9.17, 15) is 5.11 Å². The van der Waals surface area contributed by atoms with Crippen LogP contribution in [0.25, 0.3) is 11.0 Å². The molecule has 0 fully saturated rings. The lowest BCUT2D eigenvalue weighted by Crippen LogP contribution is -2.31. The minimum Gasteiger partial charge on any atom is -0.390 e. The molecule has 1 atom stereocenters. The Balaban J connectivity index is 1.64. The van der Waals surface area contributed by atoms with Crippen LogP contribution in [0.3, 0.4) is 0 Å². The molecule has 3 aromatic rings. The van der Waals surface area contributed by atoms with Crippen LogP contribution in [-0.4, -0.2) is 44.4 Å². The quantitative estimate of drug-likeness (QED) is 0.753. The Kier molecular flexibility index (Phi) is 4.69. The smallest absolute Gasteiger partial charge is 0.133 e. The minimum absolute atomic E-state index is 0.484. The van der Waals surface area contributed by atoms with E-state index < -0.39 is 6.10 Å². The fourth-order valence-corrected chi connectivity index (χ4v) is 2.94. The van der Waals surface area contributed by atoms with E-state index in [0.717, 1.165) is 22.5 Å². The van der Waals surface area contributed by atoms with Crippen molar-refractivity contribution in [2.24, 2.45) is 0 Å². The largest absolute Gasteiger partial charge is 0.390 e. The van der Waals surface area contributed by atoms with Crippen molar-refractivity contribution in [2.75, 3.05) is 13.6 Å². The first-order valence-electron chi connectivity index (χ1n) is 8.13. The standard InChI is InChI=1S/C18H24N4O2/c1-12-5-17-18(6-13(12)2)22(11-19-17)10-16(23)9-21(4)8-15-7-14(3)24-20-15/h5-7,11,16,23H,8-10H2,1-4H3/t16-/m1/s1. The van der Waals surface area contributed by atoms with Gasteiger partial charge in [-0.05, 0) is 51.1 Å². The van der Waals surface area contributed by atoms with Gasteiger partial charge in [-0.1, -0.05) is 5.16 Å². The van der Waals surface area contributed by atoms with Crippen molar-refractivity contribution in [3.8, 4) is 0 Å². The number of benzene rings is 1. The predicted octanol–water partition coefficient (Wildman–Crippen LogP) is 2.44. The molecule has 0 saturated heterocycles. The first kappa shape index (κ1) is 16.7. The van der Waals surface area contributed by atoms with Gasteiger partial charge in [0.15, 0.2) is 0 Å². The highest BCUT2D eigenvalue weighted by Crippen LogP contribution is 2.18. The Morgan fingerprint density at radius 3 is 2.67 bits per heavy atom. The molecule has 6 heteroatoms. The van der Waals surface area contributed by atoms with Crippen molar-refractivity contribution in [3.63, 3.8) is 0 Å². The van der Waals surface area contributed by atoms with E-state index >= 15 is 0 Å². The molecule has 0 aliphatic rings. The van der Waals surface area contributed by atoms with E-state index in [1.807, 2.05) is 29.5 Å². The molecular weight excluding hydrogens is 304 g/mol. The van der Waals surface area contributed by atoms with Crippen LogP contribution in [0.2, 0.25) is 0 Å². The number of rotatable bonds is 6. The summed E-state index contributed by atoms with van der Waals surface area (Å²) in [6.07, 6.45) is 1.32. The number of imidazole rings is 1. The maximum atomic E-state index is 10.4. The zero-order valence-electron chi connectivity index (χ0n) is 14.7. The van der Waals surface area contributed by atoms with Crippen LogP contribution in [0.1, 0.15) is 22.6 Å². The zero-order valence-corrected chi connectivity index (χ0v) is 14.7. The number of hydrogen-bond donors (Lipinski definition) is 1. The second-order valence-corrected chi connectivity index (χ2v) is 6.60. The maximum Gasteiger partial charge on any atom is 0.133 e. The van der Waals surface area contributed by atoms with Gasteiger partial charge in [0, 0.05) is 19.2 Å². The summed E-state index contributed by atoms with van der Waals surface area (Å²) in [7, 11) is 1.97. The third-order valence-corrected chi connectivity index (χ3v) is 4.28. The summed E-state index contributed by atoms with van der Waals surface area (Å²) in [5.41, 5.74) is 5.37. The number of aryl methyl sites for hydroxylation is 3. The lowest BCUT2D eigenvalue weighted by atomic mass is 10.1. The minimum atomic E-state index is -0.484. The Bertz CT molecular complexity index is 837. The van der Waals surface area contributed by atoms with Crippen LogP contribution in [0, 0.1) is 20.8 Å². The van der Waals surface area contributed by atoms with Crippen molar-refractivity contribution in [2.45, 2.75) is 40.0 Å². The van der Waals surface area contributed by atoms with Gasteiger partial charge in [-0.15, -0.1) is 0 Å². The van der Waals surface area contributed by atoms with E-state index in [-0.39, 0.29) is 0 Å². The molecule has 3 rings (SSSR count). The number of aromatic nitrogens is 3. The average molecular weight is 328 g/mol. The number of fused-ring (bicyclic) bond motifs is 1. The molecule has 0 radical (unpaired) electrons. The van der Waals surface area contributed by atoms with Gasteiger partial charge in [-0.3, -0.25) is 4.90 Å². The summed E-state index contributed by atoms with van der Waals surface area (Å²) in [5.74, 6) is 0.800. The fraction of sp³-hybridized carbons (Fsp3) is 0.444. The van der Waals surface area contributed by atoms with Crippen molar-refractivity contribution in [3.05, 3.63) is 47.1 Å². The third-order valence-electron chi connectivity index (χ3n) is 4.28. The first-order valence-corrected chi connectivity index (χ1v) is 8.13. The van der Waals surface area contributed by atoms with Gasteiger partial charge in [0.25, 0.3) is 0 Å². The first-order chi connectivity index (χ1) is 11.4. The molecule has 0 unspecified atom stereocenters. The lowest BCUT2D eigenvalue weighted by molar-refractivity contribution is 0.107. The van der Waals surface area contributed by atoms with Crippen molar-refractivity contribution in [1.82, 2.24) is 19.6 Å². The van der Waals surface area contributed by atoms with Crippen LogP contribution in [-0.2, 0) is 13.1 Å². The molecule has 128 valence electrons. The normalized spacial score (nSPS) is 13.1. The summed E-state index contributed by atoms with van der Waals surface area (Å²) in [5, 5.41) is 14.4. The summed E-state index contributed by atoms with van der Waals surface area (Å²) >= 11 is 0. The molecule has 0 aliphatic carbocycles. The van der Waals surface area contributed by atoms with Crippen molar-refractivity contribution in [1.29, 1.82) is 0 Å².